The summed E-state index contributed by atoms with van der Waals surface area (Å²) in [7, 11) is -3.14. The molecule has 1 N–H and O–H groups in total. The predicted molar refractivity (Wildman–Crippen MR) is 69.3 cm³/mol. The number of carbonyl (C=O) groups excluding carboxylic acids is 1. The van der Waals surface area contributed by atoms with Gasteiger partial charge in [0.1, 0.15) is 0 Å². The summed E-state index contributed by atoms with van der Waals surface area (Å²) in [6, 6.07) is 0. The quantitative estimate of drug-likeness (QED) is 0.647. The van der Waals surface area contributed by atoms with Gasteiger partial charge >= 0.3 is 0 Å². The lowest BCUT2D eigenvalue weighted by Crippen LogP contribution is -2.40. The molecule has 7 heteroatoms. The fourth-order valence-electron chi connectivity index (χ4n) is 1.85. The molecule has 6 nitrogen and oxygen atoms in total. The van der Waals surface area contributed by atoms with Gasteiger partial charge in [0.15, 0.2) is 0 Å². The Morgan fingerprint density at radius 3 is 2.67 bits per heavy atom. The third kappa shape index (κ3) is 5.04. The average molecular weight is 273 g/mol. The summed E-state index contributed by atoms with van der Waals surface area (Å²) in [4.78, 5) is 13.4. The van der Waals surface area contributed by atoms with Crippen LogP contribution >= 0.6 is 0 Å². The number of carbonyl (C=O) groups is 1. The highest BCUT2D eigenvalue weighted by atomic mass is 32.2. The molecule has 1 aliphatic rings. The van der Waals surface area contributed by atoms with Crippen molar-refractivity contribution in [2.75, 3.05) is 45.5 Å². The minimum Gasteiger partial charge on any atom is -0.344 e. The molecular weight excluding hydrogens is 254 g/mol. The van der Waals surface area contributed by atoms with Gasteiger partial charge in [-0.25, -0.2) is 12.7 Å². The molecule has 0 spiro atoms. The lowest BCUT2D eigenvalue weighted by atomic mass is 10.4. The van der Waals surface area contributed by atoms with E-state index < -0.39 is 10.0 Å². The first kappa shape index (κ1) is 15.0. The molecule has 18 heavy (non-hydrogen) atoms. The normalized spacial score (nSPS) is 18.9. The average Bonchev–Trinajstić information content (AvgIpc) is 2.51. The maximum atomic E-state index is 11.5. The van der Waals surface area contributed by atoms with Gasteiger partial charge in [0, 0.05) is 19.6 Å². The Labute approximate surface area is 108 Å². The molecule has 0 aromatic heterocycles. The molecule has 1 heterocycles. The SMILES string of the molecule is C#CCNC(=O)CN1CCCN(S(C)(=O)=O)CC1. The minimum absolute atomic E-state index is 0.124. The van der Waals surface area contributed by atoms with Crippen molar-refractivity contribution >= 4 is 15.9 Å². The highest BCUT2D eigenvalue weighted by Crippen LogP contribution is 2.06. The molecule has 1 aliphatic heterocycles. The highest BCUT2D eigenvalue weighted by molar-refractivity contribution is 7.88. The summed E-state index contributed by atoms with van der Waals surface area (Å²) in [6.45, 7) is 2.72. The molecule has 1 amide bonds. The van der Waals surface area contributed by atoms with Crippen molar-refractivity contribution in [1.82, 2.24) is 14.5 Å². The van der Waals surface area contributed by atoms with Crippen LogP contribution < -0.4 is 5.32 Å². The number of terminal acetylenes is 1. The number of hydrogen-bond acceptors (Lipinski definition) is 4. The van der Waals surface area contributed by atoms with Crippen LogP contribution in [-0.2, 0) is 14.8 Å². The summed E-state index contributed by atoms with van der Waals surface area (Å²) in [5, 5.41) is 2.59. The van der Waals surface area contributed by atoms with E-state index >= 15 is 0 Å². The molecule has 0 aliphatic carbocycles. The van der Waals surface area contributed by atoms with Gasteiger partial charge in [-0.1, -0.05) is 5.92 Å². The molecule has 1 saturated heterocycles. The standard InChI is InChI=1S/C11H19N3O3S/c1-3-5-12-11(15)10-13-6-4-7-14(9-8-13)18(2,16)17/h1H,4-10H2,2H3,(H,12,15). The molecule has 0 radical (unpaired) electrons. The molecule has 102 valence electrons. The van der Waals surface area contributed by atoms with Crippen LogP contribution in [0.3, 0.4) is 0 Å². The second kappa shape index (κ2) is 6.73. The van der Waals surface area contributed by atoms with Gasteiger partial charge in [0.05, 0.1) is 19.3 Å². The summed E-state index contributed by atoms with van der Waals surface area (Å²) in [5.74, 6) is 2.21. The Hall–Kier alpha value is -1.10. The second-order valence-electron chi connectivity index (χ2n) is 4.27. The number of amides is 1. The summed E-state index contributed by atoms with van der Waals surface area (Å²) in [6.07, 6.45) is 6.99. The third-order valence-corrected chi connectivity index (χ3v) is 4.07. The van der Waals surface area contributed by atoms with Gasteiger partial charge in [0.25, 0.3) is 0 Å². The molecule has 0 bridgehead atoms. The van der Waals surface area contributed by atoms with Crippen molar-refractivity contribution in [3.8, 4) is 12.3 Å². The van der Waals surface area contributed by atoms with E-state index in [1.165, 1.54) is 10.6 Å². The van der Waals surface area contributed by atoms with Gasteiger partial charge in [-0.15, -0.1) is 6.42 Å². The van der Waals surface area contributed by atoms with Crippen molar-refractivity contribution in [1.29, 1.82) is 0 Å². The van der Waals surface area contributed by atoms with Crippen LogP contribution in [0.4, 0.5) is 0 Å². The van der Waals surface area contributed by atoms with E-state index in [4.69, 9.17) is 6.42 Å². The Bertz CT molecular complexity index is 427. The molecule has 0 atom stereocenters. The van der Waals surface area contributed by atoms with Gasteiger partial charge in [-0.2, -0.15) is 0 Å². The second-order valence-corrected chi connectivity index (χ2v) is 6.26. The number of sulfonamides is 1. The smallest absolute Gasteiger partial charge is 0.234 e. The van der Waals surface area contributed by atoms with E-state index in [0.717, 1.165) is 13.0 Å². The van der Waals surface area contributed by atoms with E-state index in [1.807, 2.05) is 4.90 Å². The van der Waals surface area contributed by atoms with Crippen molar-refractivity contribution in [3.05, 3.63) is 0 Å². The van der Waals surface area contributed by atoms with E-state index in [9.17, 15) is 13.2 Å². The number of hydrogen-bond donors (Lipinski definition) is 1. The Kier molecular flexibility index (Phi) is 5.59. The van der Waals surface area contributed by atoms with Crippen LogP contribution in [0.15, 0.2) is 0 Å². The van der Waals surface area contributed by atoms with Gasteiger partial charge < -0.3 is 5.32 Å². The molecule has 0 unspecified atom stereocenters. The molecular formula is C11H19N3O3S. The van der Waals surface area contributed by atoms with E-state index in [-0.39, 0.29) is 19.0 Å². The molecule has 0 aromatic rings. The van der Waals surface area contributed by atoms with Gasteiger partial charge in [-0.05, 0) is 13.0 Å². The fourth-order valence-corrected chi connectivity index (χ4v) is 2.72. The molecule has 0 saturated carbocycles. The van der Waals surface area contributed by atoms with Crippen molar-refractivity contribution in [3.63, 3.8) is 0 Å². The fraction of sp³-hybridized carbons (Fsp3) is 0.727. The van der Waals surface area contributed by atoms with Crippen LogP contribution in [0.1, 0.15) is 6.42 Å². The maximum absolute atomic E-state index is 11.5. The van der Waals surface area contributed by atoms with E-state index in [0.29, 0.717) is 19.6 Å². The highest BCUT2D eigenvalue weighted by Gasteiger charge is 2.22. The first-order chi connectivity index (χ1) is 8.43. The summed E-state index contributed by atoms with van der Waals surface area (Å²) < 4.78 is 24.3. The van der Waals surface area contributed by atoms with E-state index in [1.54, 1.807) is 0 Å². The monoisotopic (exact) mass is 273 g/mol. The molecule has 1 fully saturated rings. The Balaban J connectivity index is 2.43. The Morgan fingerprint density at radius 1 is 1.33 bits per heavy atom. The largest absolute Gasteiger partial charge is 0.344 e. The number of rotatable bonds is 4. The lowest BCUT2D eigenvalue weighted by Gasteiger charge is -2.19. The third-order valence-electron chi connectivity index (χ3n) is 2.77. The zero-order valence-electron chi connectivity index (χ0n) is 10.6. The van der Waals surface area contributed by atoms with Crippen LogP contribution in [-0.4, -0.2) is 69.1 Å². The van der Waals surface area contributed by atoms with Crippen molar-refractivity contribution in [2.45, 2.75) is 6.42 Å². The van der Waals surface area contributed by atoms with E-state index in [2.05, 4.69) is 11.2 Å². The first-order valence-electron chi connectivity index (χ1n) is 5.81. The lowest BCUT2D eigenvalue weighted by molar-refractivity contribution is -0.121. The summed E-state index contributed by atoms with van der Waals surface area (Å²) in [5.41, 5.74) is 0. The number of nitrogens with one attached hydrogen (secondary N) is 1. The van der Waals surface area contributed by atoms with Crippen LogP contribution in [0.25, 0.3) is 0 Å². The Morgan fingerprint density at radius 2 is 2.06 bits per heavy atom. The van der Waals surface area contributed by atoms with Gasteiger partial charge in [-0.3, -0.25) is 9.69 Å². The zero-order chi connectivity index (χ0) is 13.6. The summed E-state index contributed by atoms with van der Waals surface area (Å²) >= 11 is 0. The van der Waals surface area contributed by atoms with Crippen LogP contribution in [0.5, 0.6) is 0 Å². The van der Waals surface area contributed by atoms with Crippen LogP contribution in [0, 0.1) is 12.3 Å². The van der Waals surface area contributed by atoms with Crippen LogP contribution in [0.2, 0.25) is 0 Å². The molecule has 0 aromatic carbocycles. The molecule has 1 rings (SSSR count). The number of nitrogens with zero attached hydrogens (tertiary/aromatic N) is 2. The van der Waals surface area contributed by atoms with Gasteiger partial charge in [0.2, 0.25) is 15.9 Å². The predicted octanol–water partition coefficient (Wildman–Crippen LogP) is -1.30. The minimum atomic E-state index is -3.14. The maximum Gasteiger partial charge on any atom is 0.234 e. The van der Waals surface area contributed by atoms with Crippen molar-refractivity contribution in [2.24, 2.45) is 0 Å². The topological polar surface area (TPSA) is 69.7 Å². The van der Waals surface area contributed by atoms with Crippen molar-refractivity contribution < 1.29 is 13.2 Å². The zero-order valence-corrected chi connectivity index (χ0v) is 11.4. The first-order valence-corrected chi connectivity index (χ1v) is 7.66.